The molecule has 0 radical (unpaired) electrons. The maximum Gasteiger partial charge on any atom is 0.416 e. The van der Waals surface area contributed by atoms with Crippen LogP contribution >= 0.6 is 0 Å². The summed E-state index contributed by atoms with van der Waals surface area (Å²) in [6.07, 6.45) is -3.19. The molecule has 2 amide bonds. The average Bonchev–Trinajstić information content (AvgIpc) is 3.10. The number of rotatable bonds is 7. The standard InChI is InChI=1S/C18H22F3N5O2/c1-4-25(5-2)16(27)12-26-11-15(22-23-26)17(28)24(3)10-13-8-6-7-9-14(13)18(19,20)21/h6-9,11H,4-5,10,12H2,1-3H3. The molecule has 0 aliphatic heterocycles. The molecule has 0 unspecified atom stereocenters. The van der Waals surface area contributed by atoms with E-state index in [0.29, 0.717) is 13.1 Å². The zero-order valence-corrected chi connectivity index (χ0v) is 15.9. The largest absolute Gasteiger partial charge is 0.416 e. The van der Waals surface area contributed by atoms with Gasteiger partial charge >= 0.3 is 6.18 Å². The number of benzene rings is 1. The highest BCUT2D eigenvalue weighted by atomic mass is 19.4. The van der Waals surface area contributed by atoms with Crippen LogP contribution in [0.2, 0.25) is 0 Å². The Labute approximate surface area is 160 Å². The molecule has 1 aromatic heterocycles. The molecule has 0 spiro atoms. The maximum atomic E-state index is 13.1. The van der Waals surface area contributed by atoms with Gasteiger partial charge in [0.1, 0.15) is 6.54 Å². The second-order valence-electron chi connectivity index (χ2n) is 6.18. The molecule has 152 valence electrons. The molecule has 1 heterocycles. The highest BCUT2D eigenvalue weighted by molar-refractivity contribution is 5.91. The van der Waals surface area contributed by atoms with Crippen LogP contribution in [0.25, 0.3) is 0 Å². The van der Waals surface area contributed by atoms with Crippen LogP contribution in [-0.2, 0) is 24.1 Å². The number of nitrogens with zero attached hydrogens (tertiary/aromatic N) is 5. The van der Waals surface area contributed by atoms with Gasteiger partial charge in [-0.1, -0.05) is 23.4 Å². The zero-order chi connectivity index (χ0) is 20.9. The molecular weight excluding hydrogens is 375 g/mol. The van der Waals surface area contributed by atoms with Crippen LogP contribution < -0.4 is 0 Å². The fraction of sp³-hybridized carbons (Fsp3) is 0.444. The zero-order valence-electron chi connectivity index (χ0n) is 15.9. The Hall–Kier alpha value is -2.91. The highest BCUT2D eigenvalue weighted by Crippen LogP contribution is 2.32. The number of likely N-dealkylation sites (N-methyl/N-ethyl adjacent to an activating group) is 1. The van der Waals surface area contributed by atoms with Gasteiger partial charge in [-0.05, 0) is 25.5 Å². The smallest absolute Gasteiger partial charge is 0.342 e. The van der Waals surface area contributed by atoms with E-state index in [1.807, 2.05) is 13.8 Å². The molecule has 0 aliphatic carbocycles. The number of hydrogen-bond acceptors (Lipinski definition) is 4. The first-order valence-electron chi connectivity index (χ1n) is 8.75. The normalized spacial score (nSPS) is 11.4. The molecule has 1 aromatic carbocycles. The van der Waals surface area contributed by atoms with E-state index >= 15 is 0 Å². The topological polar surface area (TPSA) is 71.3 Å². The molecule has 0 aliphatic rings. The van der Waals surface area contributed by atoms with Crippen LogP contribution in [0.5, 0.6) is 0 Å². The van der Waals surface area contributed by atoms with E-state index in [1.165, 1.54) is 36.1 Å². The summed E-state index contributed by atoms with van der Waals surface area (Å²) in [4.78, 5) is 27.3. The predicted octanol–water partition coefficient (Wildman–Crippen LogP) is 2.44. The molecule has 0 saturated carbocycles. The van der Waals surface area contributed by atoms with Gasteiger partial charge in [-0.15, -0.1) is 5.10 Å². The van der Waals surface area contributed by atoms with Crippen LogP contribution in [-0.4, -0.2) is 56.7 Å². The quantitative estimate of drug-likeness (QED) is 0.720. The van der Waals surface area contributed by atoms with Crippen molar-refractivity contribution in [3.05, 3.63) is 47.3 Å². The minimum atomic E-state index is -4.51. The van der Waals surface area contributed by atoms with Crippen LogP contribution in [0.3, 0.4) is 0 Å². The summed E-state index contributed by atoms with van der Waals surface area (Å²) in [6, 6.07) is 5.08. The Morgan fingerprint density at radius 2 is 1.79 bits per heavy atom. The van der Waals surface area contributed by atoms with Gasteiger partial charge < -0.3 is 9.80 Å². The van der Waals surface area contributed by atoms with Crippen molar-refractivity contribution >= 4 is 11.8 Å². The van der Waals surface area contributed by atoms with E-state index in [1.54, 1.807) is 4.90 Å². The van der Waals surface area contributed by atoms with Crippen LogP contribution in [0.15, 0.2) is 30.5 Å². The summed E-state index contributed by atoms with van der Waals surface area (Å²) >= 11 is 0. The van der Waals surface area contributed by atoms with Gasteiger partial charge in [-0.25, -0.2) is 4.68 Å². The number of halogens is 3. The minimum absolute atomic E-state index is 0.0186. The number of amides is 2. The molecule has 0 N–H and O–H groups in total. The van der Waals surface area contributed by atoms with E-state index in [4.69, 9.17) is 0 Å². The first-order chi connectivity index (χ1) is 13.2. The summed E-state index contributed by atoms with van der Waals surface area (Å²) in [5.41, 5.74) is -0.850. The molecular formula is C18H22F3N5O2. The van der Waals surface area contributed by atoms with Crippen molar-refractivity contribution in [2.24, 2.45) is 0 Å². The molecule has 7 nitrogen and oxygen atoms in total. The van der Waals surface area contributed by atoms with E-state index in [9.17, 15) is 22.8 Å². The van der Waals surface area contributed by atoms with Crippen molar-refractivity contribution in [3.63, 3.8) is 0 Å². The van der Waals surface area contributed by atoms with Crippen LogP contribution in [0, 0.1) is 0 Å². The van der Waals surface area contributed by atoms with E-state index < -0.39 is 17.6 Å². The van der Waals surface area contributed by atoms with Gasteiger partial charge in [-0.2, -0.15) is 13.2 Å². The van der Waals surface area contributed by atoms with E-state index in [-0.39, 0.29) is 30.3 Å². The number of hydrogen-bond donors (Lipinski definition) is 0. The lowest BCUT2D eigenvalue weighted by Gasteiger charge is -2.19. The third-order valence-electron chi connectivity index (χ3n) is 4.25. The molecule has 0 fully saturated rings. The lowest BCUT2D eigenvalue weighted by molar-refractivity contribution is -0.138. The summed E-state index contributed by atoms with van der Waals surface area (Å²) in [7, 11) is 1.38. The van der Waals surface area contributed by atoms with Gasteiger partial charge in [0.25, 0.3) is 5.91 Å². The first kappa shape index (κ1) is 21.4. The number of aromatic nitrogens is 3. The van der Waals surface area contributed by atoms with E-state index in [0.717, 1.165) is 11.0 Å². The Kier molecular flexibility index (Phi) is 6.76. The van der Waals surface area contributed by atoms with Crippen molar-refractivity contribution < 1.29 is 22.8 Å². The van der Waals surface area contributed by atoms with Gasteiger partial charge in [0.2, 0.25) is 5.91 Å². The molecule has 2 rings (SSSR count). The number of carbonyl (C=O) groups is 2. The van der Waals surface area contributed by atoms with Crippen molar-refractivity contribution in [2.45, 2.75) is 33.1 Å². The Morgan fingerprint density at radius 3 is 2.39 bits per heavy atom. The first-order valence-corrected chi connectivity index (χ1v) is 8.75. The SMILES string of the molecule is CCN(CC)C(=O)Cn1cc(C(=O)N(C)Cc2ccccc2C(F)(F)F)nn1. The number of carbonyl (C=O) groups excluding carboxylic acids is 2. The molecule has 0 bridgehead atoms. The van der Waals surface area contributed by atoms with Gasteiger partial charge in [-0.3, -0.25) is 9.59 Å². The molecule has 0 atom stereocenters. The van der Waals surface area contributed by atoms with Crippen molar-refractivity contribution in [2.75, 3.05) is 20.1 Å². The highest BCUT2D eigenvalue weighted by Gasteiger charge is 2.33. The second-order valence-corrected chi connectivity index (χ2v) is 6.18. The van der Waals surface area contributed by atoms with E-state index in [2.05, 4.69) is 10.3 Å². The van der Waals surface area contributed by atoms with Gasteiger partial charge in [0.05, 0.1) is 11.8 Å². The summed E-state index contributed by atoms with van der Waals surface area (Å²) in [5, 5.41) is 7.51. The van der Waals surface area contributed by atoms with Gasteiger partial charge in [0.15, 0.2) is 5.69 Å². The van der Waals surface area contributed by atoms with Crippen LogP contribution in [0.4, 0.5) is 13.2 Å². The third kappa shape index (κ3) is 5.08. The Balaban J connectivity index is 2.09. The Morgan fingerprint density at radius 1 is 1.14 bits per heavy atom. The molecule has 2 aromatic rings. The fourth-order valence-corrected chi connectivity index (χ4v) is 2.75. The lowest BCUT2D eigenvalue weighted by Crippen LogP contribution is -2.33. The average molecular weight is 397 g/mol. The third-order valence-corrected chi connectivity index (χ3v) is 4.25. The van der Waals surface area contributed by atoms with Gasteiger partial charge in [0, 0.05) is 26.7 Å². The van der Waals surface area contributed by atoms with Crippen molar-refractivity contribution in [3.8, 4) is 0 Å². The molecule has 28 heavy (non-hydrogen) atoms. The lowest BCUT2D eigenvalue weighted by atomic mass is 10.1. The summed E-state index contributed by atoms with van der Waals surface area (Å²) < 4.78 is 40.6. The van der Waals surface area contributed by atoms with Crippen molar-refractivity contribution in [1.29, 1.82) is 0 Å². The summed E-state index contributed by atoms with van der Waals surface area (Å²) in [6.45, 7) is 4.51. The molecule has 10 heteroatoms. The molecule has 0 saturated heterocycles. The van der Waals surface area contributed by atoms with Crippen molar-refractivity contribution in [1.82, 2.24) is 24.8 Å². The predicted molar refractivity (Wildman–Crippen MR) is 95.2 cm³/mol. The maximum absolute atomic E-state index is 13.1. The van der Waals surface area contributed by atoms with Crippen LogP contribution in [0.1, 0.15) is 35.5 Å². The monoisotopic (exact) mass is 397 g/mol. The Bertz CT molecular complexity index is 831. The second kappa shape index (κ2) is 8.85. The fourth-order valence-electron chi connectivity index (χ4n) is 2.75. The number of alkyl halides is 3. The summed E-state index contributed by atoms with van der Waals surface area (Å²) in [5.74, 6) is -0.750. The minimum Gasteiger partial charge on any atom is -0.342 e.